The van der Waals surface area contributed by atoms with Gasteiger partial charge in [-0.3, -0.25) is 4.79 Å². The second-order valence-electron chi connectivity index (χ2n) is 11.6. The van der Waals surface area contributed by atoms with E-state index < -0.39 is 19.5 Å². The minimum Gasteiger partial charge on any atom is -0.407 e. The van der Waals surface area contributed by atoms with Crippen molar-refractivity contribution in [3.63, 3.8) is 0 Å². The van der Waals surface area contributed by atoms with Crippen molar-refractivity contribution in [2.45, 2.75) is 91.3 Å². The molecular weight excluding hydrogens is 440 g/mol. The van der Waals surface area contributed by atoms with Gasteiger partial charge in [0.1, 0.15) is 5.78 Å². The van der Waals surface area contributed by atoms with Crippen molar-refractivity contribution in [2.24, 2.45) is 5.41 Å². The second-order valence-corrected chi connectivity index (χ2v) is 15.9. The predicted octanol–water partition coefficient (Wildman–Crippen LogP) is 5.48. The molecule has 1 heterocycles. The fourth-order valence-corrected chi connectivity index (χ4v) is 9.64. The molecule has 2 atom stereocenters. The molecule has 0 aliphatic carbocycles. The zero-order valence-electron chi connectivity index (χ0n) is 22.2. The summed E-state index contributed by atoms with van der Waals surface area (Å²) in [5.74, 6) is -0.602. The average molecular weight is 483 g/mol. The lowest BCUT2D eigenvalue weighted by Gasteiger charge is -2.46. The number of hydrogen-bond acceptors (Lipinski definition) is 4. The smallest absolute Gasteiger partial charge is 0.261 e. The third-order valence-corrected chi connectivity index (χ3v) is 12.3. The first-order chi connectivity index (χ1) is 15.8. The average Bonchev–Trinajstić information content (AvgIpc) is 2.76. The van der Waals surface area contributed by atoms with Crippen LogP contribution in [0.5, 0.6) is 0 Å². The minimum atomic E-state index is -2.58. The Morgan fingerprint density at radius 2 is 1.44 bits per heavy atom. The van der Waals surface area contributed by atoms with Crippen LogP contribution in [0.15, 0.2) is 60.7 Å². The van der Waals surface area contributed by atoms with Crippen LogP contribution in [0, 0.1) is 5.41 Å². The maximum absolute atomic E-state index is 12.3. The molecule has 0 amide bonds. The summed E-state index contributed by atoms with van der Waals surface area (Å²) in [6, 6.07) is 21.4. The van der Waals surface area contributed by atoms with Crippen molar-refractivity contribution in [1.82, 2.24) is 0 Å². The minimum absolute atomic E-state index is 0.0365. The van der Waals surface area contributed by atoms with Gasteiger partial charge in [-0.15, -0.1) is 0 Å². The van der Waals surface area contributed by atoms with Crippen LogP contribution in [0.1, 0.15) is 68.2 Å². The topological polar surface area (TPSA) is 44.8 Å². The molecule has 186 valence electrons. The molecule has 2 aromatic carbocycles. The molecule has 1 aliphatic heterocycles. The summed E-state index contributed by atoms with van der Waals surface area (Å²) in [6.07, 6.45) is 1.21. The Balaban J connectivity index is 1.87. The van der Waals surface area contributed by atoms with Gasteiger partial charge in [-0.25, -0.2) is 0 Å². The van der Waals surface area contributed by atoms with Crippen molar-refractivity contribution in [1.29, 1.82) is 0 Å². The summed E-state index contributed by atoms with van der Waals surface area (Å²) >= 11 is 0. The first-order valence-electron chi connectivity index (χ1n) is 12.4. The first kappa shape index (κ1) is 26.8. The molecule has 0 bridgehead atoms. The third-order valence-electron chi connectivity index (χ3n) is 7.24. The highest BCUT2D eigenvalue weighted by Gasteiger charge is 2.50. The number of ether oxygens (including phenoxy) is 2. The molecule has 0 spiro atoms. The van der Waals surface area contributed by atoms with Crippen molar-refractivity contribution in [2.75, 3.05) is 6.61 Å². The van der Waals surface area contributed by atoms with Gasteiger partial charge in [-0.05, 0) is 42.6 Å². The Morgan fingerprint density at radius 3 is 1.88 bits per heavy atom. The molecule has 0 unspecified atom stereocenters. The molecule has 0 saturated carbocycles. The Morgan fingerprint density at radius 1 is 0.941 bits per heavy atom. The van der Waals surface area contributed by atoms with E-state index in [1.165, 1.54) is 10.4 Å². The predicted molar refractivity (Wildman–Crippen MR) is 141 cm³/mol. The molecule has 1 aliphatic rings. The molecule has 4 nitrogen and oxygen atoms in total. The molecule has 3 rings (SSSR count). The maximum atomic E-state index is 12.3. The Labute approximate surface area is 207 Å². The summed E-state index contributed by atoms with van der Waals surface area (Å²) in [4.78, 5) is 12.3. The van der Waals surface area contributed by atoms with Gasteiger partial charge in [0.25, 0.3) is 8.32 Å². The summed E-state index contributed by atoms with van der Waals surface area (Å²) in [7, 11) is -2.58. The maximum Gasteiger partial charge on any atom is 0.261 e. The normalized spacial score (nSPS) is 21.3. The van der Waals surface area contributed by atoms with E-state index >= 15 is 0 Å². The van der Waals surface area contributed by atoms with E-state index in [2.05, 4.69) is 81.4 Å². The van der Waals surface area contributed by atoms with Crippen LogP contribution in [0.2, 0.25) is 5.04 Å². The van der Waals surface area contributed by atoms with Crippen LogP contribution in [-0.4, -0.2) is 38.7 Å². The number of carbonyl (C=O) groups is 1. The number of carbonyl (C=O) groups excluding carboxylic acids is 1. The zero-order valence-corrected chi connectivity index (χ0v) is 23.2. The van der Waals surface area contributed by atoms with Crippen molar-refractivity contribution >= 4 is 24.5 Å². The van der Waals surface area contributed by atoms with Crippen molar-refractivity contribution < 1.29 is 18.7 Å². The number of ketones is 1. The summed E-state index contributed by atoms with van der Waals surface area (Å²) in [6.45, 7) is 16.9. The van der Waals surface area contributed by atoms with E-state index in [9.17, 15) is 4.79 Å². The van der Waals surface area contributed by atoms with Crippen LogP contribution in [-0.2, 0) is 18.7 Å². The largest absolute Gasteiger partial charge is 0.407 e. The van der Waals surface area contributed by atoms with E-state index in [1.54, 1.807) is 6.92 Å². The third kappa shape index (κ3) is 5.54. The van der Waals surface area contributed by atoms with Gasteiger partial charge in [0.05, 0.1) is 12.2 Å². The lowest BCUT2D eigenvalue weighted by atomic mass is 9.79. The van der Waals surface area contributed by atoms with Gasteiger partial charge >= 0.3 is 0 Å². The lowest BCUT2D eigenvalue weighted by molar-refractivity contribution is -0.314. The molecule has 5 heteroatoms. The fraction of sp³-hybridized carbons (Fsp3) is 0.552. The number of rotatable bonds is 8. The van der Waals surface area contributed by atoms with Crippen molar-refractivity contribution in [3.8, 4) is 0 Å². The van der Waals surface area contributed by atoms with Gasteiger partial charge in [0.2, 0.25) is 0 Å². The zero-order chi connectivity index (χ0) is 25.2. The van der Waals surface area contributed by atoms with Crippen LogP contribution >= 0.6 is 0 Å². The molecule has 1 fully saturated rings. The SMILES string of the molecule is CC(=O)C(C)(C)[C@@H]1C[C@@H](CCO[Si](c2ccccc2)(c2ccccc2)C(C)(C)C)OC(C)(C)O1. The molecular formula is C29H42O4Si. The molecule has 2 aromatic rings. The number of benzene rings is 2. The standard InChI is InChI=1S/C29H42O4Si/c1-22(30)28(5,6)26-21-23(32-29(7,8)33-26)19-20-31-34(27(2,3)4,24-15-11-9-12-16-24)25-17-13-10-14-18-25/h9-18,23,26H,19-21H2,1-8H3/t23-,26+/m1/s1. The monoisotopic (exact) mass is 482 g/mol. The van der Waals surface area contributed by atoms with Crippen LogP contribution in [0.3, 0.4) is 0 Å². The highest BCUT2D eigenvalue weighted by molar-refractivity contribution is 6.99. The number of hydrogen-bond donors (Lipinski definition) is 0. The van der Waals surface area contributed by atoms with Gasteiger partial charge in [-0.2, -0.15) is 0 Å². The molecule has 0 N–H and O–H groups in total. The van der Waals surface area contributed by atoms with Gasteiger partial charge in [0.15, 0.2) is 5.79 Å². The summed E-state index contributed by atoms with van der Waals surface area (Å²) < 4.78 is 19.5. The highest BCUT2D eigenvalue weighted by Crippen LogP contribution is 2.39. The molecule has 0 aromatic heterocycles. The Kier molecular flexibility index (Phi) is 7.93. The van der Waals surface area contributed by atoms with Crippen LogP contribution in [0.25, 0.3) is 0 Å². The van der Waals surface area contributed by atoms with E-state index in [0.29, 0.717) is 13.0 Å². The van der Waals surface area contributed by atoms with E-state index in [0.717, 1.165) is 6.42 Å². The molecule has 1 saturated heterocycles. The second kappa shape index (κ2) is 10.1. The Hall–Kier alpha value is -1.79. The van der Waals surface area contributed by atoms with E-state index in [-0.39, 0.29) is 23.0 Å². The summed E-state index contributed by atoms with van der Waals surface area (Å²) in [5, 5.41) is 2.49. The van der Waals surface area contributed by atoms with Gasteiger partial charge < -0.3 is 13.9 Å². The molecule has 0 radical (unpaired) electrons. The fourth-order valence-electron chi connectivity index (χ4n) is 5.06. The summed E-state index contributed by atoms with van der Waals surface area (Å²) in [5.41, 5.74) is -0.557. The van der Waals surface area contributed by atoms with Crippen molar-refractivity contribution in [3.05, 3.63) is 60.7 Å². The number of Topliss-reactive ketones (excluding diaryl/α,β-unsaturated/α-hetero) is 1. The van der Waals surface area contributed by atoms with Crippen LogP contribution < -0.4 is 10.4 Å². The highest BCUT2D eigenvalue weighted by atomic mass is 28.4. The van der Waals surface area contributed by atoms with E-state index in [4.69, 9.17) is 13.9 Å². The Bertz CT molecular complexity index is 908. The first-order valence-corrected chi connectivity index (χ1v) is 14.3. The van der Waals surface area contributed by atoms with Gasteiger partial charge in [-0.1, -0.05) is 95.3 Å². The lowest BCUT2D eigenvalue weighted by Crippen LogP contribution is -2.66. The van der Waals surface area contributed by atoms with E-state index in [1.807, 2.05) is 27.7 Å². The molecule has 34 heavy (non-hydrogen) atoms. The van der Waals surface area contributed by atoms with Gasteiger partial charge in [0, 0.05) is 18.4 Å². The van der Waals surface area contributed by atoms with Crippen LogP contribution in [0.4, 0.5) is 0 Å². The quantitative estimate of drug-likeness (QED) is 0.468.